The van der Waals surface area contributed by atoms with E-state index in [4.69, 9.17) is 9.47 Å². The molecule has 25 heavy (non-hydrogen) atoms. The molecule has 1 aromatic rings. The molecule has 0 aromatic carbocycles. The third-order valence-corrected chi connectivity index (χ3v) is 8.24. The molecule has 6 nitrogen and oxygen atoms in total. The topological polar surface area (TPSA) is 68.7 Å². The number of hydrogen-bond donors (Lipinski definition) is 0. The van der Waals surface area contributed by atoms with Gasteiger partial charge in [-0.15, -0.1) is 0 Å². The summed E-state index contributed by atoms with van der Waals surface area (Å²) in [6.45, 7) is 2.61. The zero-order chi connectivity index (χ0) is 17.3. The van der Waals surface area contributed by atoms with E-state index in [1.165, 1.54) is 0 Å². The van der Waals surface area contributed by atoms with E-state index in [-0.39, 0.29) is 10.9 Å². The highest BCUT2D eigenvalue weighted by atomic mass is 32.2. The summed E-state index contributed by atoms with van der Waals surface area (Å²) in [6.07, 6.45) is 8.69. The summed E-state index contributed by atoms with van der Waals surface area (Å²) in [5, 5.41) is -0.116. The quantitative estimate of drug-likeness (QED) is 0.772. The summed E-state index contributed by atoms with van der Waals surface area (Å²) in [4.78, 5) is 4.06. The fourth-order valence-corrected chi connectivity index (χ4v) is 6.04. The molecule has 1 spiro atoms. The molecular formula is C18H26N2O4S. The molecule has 1 aromatic heterocycles. The lowest BCUT2D eigenvalue weighted by Gasteiger charge is -2.41. The normalized spacial score (nSPS) is 26.8. The van der Waals surface area contributed by atoms with Crippen LogP contribution in [0.3, 0.4) is 0 Å². The average Bonchev–Trinajstić information content (AvgIpc) is 3.42. The van der Waals surface area contributed by atoms with E-state index in [1.54, 1.807) is 16.7 Å². The van der Waals surface area contributed by atoms with Gasteiger partial charge in [0.2, 0.25) is 10.0 Å². The van der Waals surface area contributed by atoms with Gasteiger partial charge in [0.25, 0.3) is 0 Å². The van der Waals surface area contributed by atoms with Gasteiger partial charge in [0, 0.05) is 25.9 Å². The van der Waals surface area contributed by atoms with Crippen LogP contribution in [0.2, 0.25) is 0 Å². The maximum absolute atomic E-state index is 12.4. The smallest absolute Gasteiger partial charge is 0.216 e. The lowest BCUT2D eigenvalue weighted by molar-refractivity contribution is -0.0589. The van der Waals surface area contributed by atoms with Gasteiger partial charge in [-0.3, -0.25) is 4.98 Å². The summed E-state index contributed by atoms with van der Waals surface area (Å²) >= 11 is 0. The van der Waals surface area contributed by atoms with Crippen molar-refractivity contribution in [2.45, 2.75) is 49.4 Å². The van der Waals surface area contributed by atoms with Gasteiger partial charge in [-0.1, -0.05) is 0 Å². The molecular weight excluding hydrogens is 340 g/mol. The molecule has 2 saturated heterocycles. The number of ether oxygens (including phenoxy) is 2. The minimum atomic E-state index is -3.06. The van der Waals surface area contributed by atoms with Gasteiger partial charge >= 0.3 is 0 Å². The lowest BCUT2D eigenvalue weighted by Crippen LogP contribution is -2.50. The van der Waals surface area contributed by atoms with Crippen LogP contribution in [0.5, 0.6) is 5.75 Å². The van der Waals surface area contributed by atoms with Crippen LogP contribution in [-0.4, -0.2) is 54.9 Å². The molecule has 3 heterocycles. The largest absolute Gasteiger partial charge is 0.492 e. The number of aromatic nitrogens is 1. The van der Waals surface area contributed by atoms with Gasteiger partial charge in [-0.2, -0.15) is 0 Å². The zero-order valence-electron chi connectivity index (χ0n) is 14.5. The summed E-state index contributed by atoms with van der Waals surface area (Å²) < 4.78 is 38.5. The van der Waals surface area contributed by atoms with Gasteiger partial charge in [0.15, 0.2) is 0 Å². The predicted molar refractivity (Wildman–Crippen MR) is 93.9 cm³/mol. The van der Waals surface area contributed by atoms with Crippen LogP contribution < -0.4 is 4.74 Å². The van der Waals surface area contributed by atoms with Crippen molar-refractivity contribution in [2.24, 2.45) is 5.92 Å². The van der Waals surface area contributed by atoms with E-state index >= 15 is 0 Å². The number of pyridine rings is 1. The first-order chi connectivity index (χ1) is 12.1. The zero-order valence-corrected chi connectivity index (χ0v) is 15.3. The first-order valence-corrected chi connectivity index (χ1v) is 10.8. The van der Waals surface area contributed by atoms with Crippen LogP contribution in [-0.2, 0) is 14.8 Å². The second-order valence-electron chi connectivity index (χ2n) is 7.37. The van der Waals surface area contributed by atoms with E-state index in [0.717, 1.165) is 50.9 Å². The summed E-state index contributed by atoms with van der Waals surface area (Å²) in [5.74, 6) is 1.23. The Bertz CT molecular complexity index is 682. The molecule has 0 bridgehead atoms. The molecule has 3 aliphatic rings. The van der Waals surface area contributed by atoms with Crippen LogP contribution in [0, 0.1) is 5.92 Å². The molecule has 0 radical (unpaired) electrons. The minimum absolute atomic E-state index is 0.116. The highest BCUT2D eigenvalue weighted by Gasteiger charge is 2.49. The van der Waals surface area contributed by atoms with Gasteiger partial charge in [-0.05, 0) is 56.6 Å². The first kappa shape index (κ1) is 17.2. The number of hydrogen-bond acceptors (Lipinski definition) is 5. The fraction of sp³-hybridized carbons (Fsp3) is 0.722. The van der Waals surface area contributed by atoms with Crippen molar-refractivity contribution >= 4 is 10.0 Å². The average molecular weight is 366 g/mol. The third-order valence-electron chi connectivity index (χ3n) is 5.84. The maximum atomic E-state index is 12.4. The lowest BCUT2D eigenvalue weighted by atomic mass is 9.78. The third kappa shape index (κ3) is 3.55. The van der Waals surface area contributed by atoms with E-state index in [9.17, 15) is 8.42 Å². The Hall–Kier alpha value is -1.18. The number of sulfonamides is 1. The van der Waals surface area contributed by atoms with E-state index in [2.05, 4.69) is 4.98 Å². The van der Waals surface area contributed by atoms with Crippen molar-refractivity contribution < 1.29 is 17.9 Å². The molecule has 3 fully saturated rings. The number of piperidine rings is 1. The van der Waals surface area contributed by atoms with Crippen LogP contribution in [0.1, 0.15) is 38.5 Å². The molecule has 0 unspecified atom stereocenters. The molecule has 1 aliphatic carbocycles. The van der Waals surface area contributed by atoms with Crippen molar-refractivity contribution in [2.75, 3.05) is 26.3 Å². The predicted octanol–water partition coefficient (Wildman–Crippen LogP) is 2.21. The van der Waals surface area contributed by atoms with Crippen LogP contribution in [0.4, 0.5) is 0 Å². The van der Waals surface area contributed by atoms with Crippen molar-refractivity contribution in [3.63, 3.8) is 0 Å². The Kier molecular flexibility index (Phi) is 4.73. The van der Waals surface area contributed by atoms with Crippen molar-refractivity contribution in [3.8, 4) is 5.75 Å². The fourth-order valence-electron chi connectivity index (χ4n) is 4.19. The Balaban J connectivity index is 1.32. The first-order valence-electron chi connectivity index (χ1n) is 9.26. The van der Waals surface area contributed by atoms with E-state index < -0.39 is 10.0 Å². The Morgan fingerprint density at radius 1 is 1.28 bits per heavy atom. The van der Waals surface area contributed by atoms with E-state index in [1.807, 2.05) is 12.1 Å². The van der Waals surface area contributed by atoms with E-state index in [0.29, 0.717) is 25.6 Å². The molecule has 2 aliphatic heterocycles. The van der Waals surface area contributed by atoms with Crippen LogP contribution in [0.25, 0.3) is 0 Å². The van der Waals surface area contributed by atoms with Gasteiger partial charge < -0.3 is 9.47 Å². The summed E-state index contributed by atoms with van der Waals surface area (Å²) in [6, 6.07) is 3.78. The minimum Gasteiger partial charge on any atom is -0.492 e. The highest BCUT2D eigenvalue weighted by molar-refractivity contribution is 7.90. The van der Waals surface area contributed by atoms with Crippen LogP contribution >= 0.6 is 0 Å². The monoisotopic (exact) mass is 366 g/mol. The number of nitrogens with zero attached hydrogens (tertiary/aromatic N) is 2. The Morgan fingerprint density at radius 3 is 2.76 bits per heavy atom. The molecule has 4 rings (SSSR count). The second kappa shape index (κ2) is 6.85. The molecule has 1 saturated carbocycles. The van der Waals surface area contributed by atoms with Crippen molar-refractivity contribution in [1.29, 1.82) is 0 Å². The molecule has 138 valence electrons. The molecule has 7 heteroatoms. The van der Waals surface area contributed by atoms with Crippen molar-refractivity contribution in [3.05, 3.63) is 24.5 Å². The van der Waals surface area contributed by atoms with Crippen LogP contribution in [0.15, 0.2) is 24.5 Å². The summed E-state index contributed by atoms with van der Waals surface area (Å²) in [5.41, 5.74) is -0.159. The summed E-state index contributed by atoms with van der Waals surface area (Å²) in [7, 11) is -3.06. The van der Waals surface area contributed by atoms with Gasteiger partial charge in [0.05, 0.1) is 23.7 Å². The standard InChI is InChI=1S/C18H26N2O4S/c21-25(22,17-3-4-17)20-10-7-18(8-11-20)15(6-13-24-18)5-12-23-16-2-1-9-19-14-16/h1-2,9,14-15,17H,3-8,10-13H2/t15-/m0/s1. The second-order valence-corrected chi connectivity index (χ2v) is 9.58. The molecule has 0 amide bonds. The number of rotatable bonds is 6. The Labute approximate surface area is 149 Å². The highest BCUT2D eigenvalue weighted by Crippen LogP contribution is 2.44. The van der Waals surface area contributed by atoms with Crippen molar-refractivity contribution in [1.82, 2.24) is 9.29 Å². The maximum Gasteiger partial charge on any atom is 0.216 e. The molecule has 1 atom stereocenters. The molecule has 0 N–H and O–H groups in total. The Morgan fingerprint density at radius 2 is 2.08 bits per heavy atom. The SMILES string of the molecule is O=S(=O)(C1CC1)N1CCC2(CC1)OCC[C@@H]2CCOc1cccnc1. The van der Waals surface area contributed by atoms with Gasteiger partial charge in [-0.25, -0.2) is 12.7 Å². The van der Waals surface area contributed by atoms with Gasteiger partial charge in [0.1, 0.15) is 5.75 Å².